The van der Waals surface area contributed by atoms with Crippen LogP contribution in [-0.4, -0.2) is 20.9 Å². The second-order valence-electron chi connectivity index (χ2n) is 10.00. The first-order valence-corrected chi connectivity index (χ1v) is 14.0. The van der Waals surface area contributed by atoms with Crippen molar-refractivity contribution >= 4 is 14.3 Å². The van der Waals surface area contributed by atoms with Crippen molar-refractivity contribution in [3.8, 4) is 0 Å². The van der Waals surface area contributed by atoms with Crippen molar-refractivity contribution in [1.29, 1.82) is 0 Å². The summed E-state index contributed by atoms with van der Waals surface area (Å²) in [6.07, 6.45) is 2.33. The van der Waals surface area contributed by atoms with Crippen molar-refractivity contribution in [1.82, 2.24) is 0 Å². The summed E-state index contributed by atoms with van der Waals surface area (Å²) in [5.74, 6) is 0.955. The fourth-order valence-electron chi connectivity index (χ4n) is 3.63. The predicted octanol–water partition coefficient (Wildman–Crippen LogP) is 7.05. The summed E-state index contributed by atoms with van der Waals surface area (Å²) in [7, 11) is -1.71. The van der Waals surface area contributed by atoms with Gasteiger partial charge in [-0.05, 0) is 78.6 Å². The average molecular weight is 425 g/mol. The number of carbonyl (C=O) groups excluding carboxylic acids is 1. The highest BCUT2D eigenvalue weighted by Crippen LogP contribution is 2.47. The Labute approximate surface area is 182 Å². The Morgan fingerprint density at radius 3 is 1.90 bits per heavy atom. The number of rotatable bonds is 7. The molecule has 0 aliphatic heterocycles. The van der Waals surface area contributed by atoms with Crippen LogP contribution in [0.5, 0.6) is 0 Å². The molecule has 30 heavy (non-hydrogen) atoms. The third-order valence-electron chi connectivity index (χ3n) is 6.89. The number of hydrogen-bond donors (Lipinski definition) is 0. The third-order valence-corrected chi connectivity index (χ3v) is 11.4. The molecular formula is C26H36O3Si. The van der Waals surface area contributed by atoms with E-state index in [9.17, 15) is 4.79 Å². The molecule has 0 aromatic heterocycles. The Bertz CT molecular complexity index is 841. The van der Waals surface area contributed by atoms with Crippen LogP contribution < -0.4 is 0 Å². The molecule has 2 aromatic rings. The van der Waals surface area contributed by atoms with E-state index in [1.165, 1.54) is 29.5 Å². The zero-order valence-electron chi connectivity index (χ0n) is 19.3. The molecule has 0 saturated heterocycles. The van der Waals surface area contributed by atoms with Gasteiger partial charge in [-0.2, -0.15) is 0 Å². The summed E-state index contributed by atoms with van der Waals surface area (Å²) in [6, 6.07) is 16.9. The first-order chi connectivity index (χ1) is 14.1. The number of benzene rings is 2. The SMILES string of the molecule is CCOC(=O)c1ccc(C2CC(c3ccc(CO[Si](C)(C)C(C)(C)C)cc3)C2)cc1. The first-order valence-electron chi connectivity index (χ1n) is 11.1. The molecule has 4 heteroatoms. The lowest BCUT2D eigenvalue weighted by atomic mass is 9.68. The van der Waals surface area contributed by atoms with Gasteiger partial charge in [-0.1, -0.05) is 57.2 Å². The van der Waals surface area contributed by atoms with E-state index in [1.54, 1.807) is 0 Å². The lowest BCUT2D eigenvalue weighted by Crippen LogP contribution is -2.40. The number of ether oxygens (including phenoxy) is 1. The molecule has 3 rings (SSSR count). The molecular weight excluding hydrogens is 388 g/mol. The van der Waals surface area contributed by atoms with Crippen LogP contribution in [0.2, 0.25) is 18.1 Å². The molecule has 0 amide bonds. The molecule has 1 aliphatic rings. The summed E-state index contributed by atoms with van der Waals surface area (Å²) in [6.45, 7) is 14.4. The number of carbonyl (C=O) groups is 1. The van der Waals surface area contributed by atoms with Crippen LogP contribution >= 0.6 is 0 Å². The molecule has 3 nitrogen and oxygen atoms in total. The molecule has 0 bridgehead atoms. The van der Waals surface area contributed by atoms with E-state index in [0.717, 1.165) is 0 Å². The van der Waals surface area contributed by atoms with Gasteiger partial charge in [-0.15, -0.1) is 0 Å². The van der Waals surface area contributed by atoms with Gasteiger partial charge in [0.25, 0.3) is 0 Å². The highest BCUT2D eigenvalue weighted by molar-refractivity contribution is 6.74. The maximum Gasteiger partial charge on any atom is 0.338 e. The topological polar surface area (TPSA) is 35.5 Å². The molecule has 0 heterocycles. The van der Waals surface area contributed by atoms with Crippen LogP contribution in [0, 0.1) is 0 Å². The van der Waals surface area contributed by atoms with Gasteiger partial charge in [-0.3, -0.25) is 0 Å². The first kappa shape index (κ1) is 22.8. The van der Waals surface area contributed by atoms with Gasteiger partial charge in [0.1, 0.15) is 0 Å². The van der Waals surface area contributed by atoms with E-state index < -0.39 is 8.32 Å². The summed E-state index contributed by atoms with van der Waals surface area (Å²) < 4.78 is 11.4. The molecule has 0 atom stereocenters. The van der Waals surface area contributed by atoms with Crippen molar-refractivity contribution in [2.24, 2.45) is 0 Å². The molecule has 162 valence electrons. The van der Waals surface area contributed by atoms with Crippen LogP contribution in [0.1, 0.15) is 79.4 Å². The van der Waals surface area contributed by atoms with Gasteiger partial charge in [0.2, 0.25) is 0 Å². The van der Waals surface area contributed by atoms with Crippen LogP contribution in [-0.2, 0) is 15.8 Å². The normalized spacial score (nSPS) is 19.3. The zero-order valence-corrected chi connectivity index (χ0v) is 20.3. The summed E-state index contributed by atoms with van der Waals surface area (Å²) in [5.41, 5.74) is 4.63. The van der Waals surface area contributed by atoms with E-state index in [4.69, 9.17) is 9.16 Å². The van der Waals surface area contributed by atoms with Crippen LogP contribution in [0.15, 0.2) is 48.5 Å². The molecule has 0 spiro atoms. The minimum absolute atomic E-state index is 0.238. The van der Waals surface area contributed by atoms with E-state index in [0.29, 0.717) is 30.6 Å². The van der Waals surface area contributed by atoms with Crippen molar-refractivity contribution in [2.45, 2.75) is 77.1 Å². The van der Waals surface area contributed by atoms with Crippen LogP contribution in [0.3, 0.4) is 0 Å². The second-order valence-corrected chi connectivity index (χ2v) is 14.8. The van der Waals surface area contributed by atoms with Crippen molar-refractivity contribution in [3.05, 3.63) is 70.8 Å². The monoisotopic (exact) mass is 424 g/mol. The maximum absolute atomic E-state index is 11.8. The van der Waals surface area contributed by atoms with Gasteiger partial charge >= 0.3 is 5.97 Å². The highest BCUT2D eigenvalue weighted by atomic mass is 28.4. The van der Waals surface area contributed by atoms with Crippen molar-refractivity contribution in [3.63, 3.8) is 0 Å². The summed E-state index contributed by atoms with van der Waals surface area (Å²) >= 11 is 0. The quantitative estimate of drug-likeness (QED) is 0.353. The van der Waals surface area contributed by atoms with Gasteiger partial charge in [-0.25, -0.2) is 4.79 Å². The van der Waals surface area contributed by atoms with Crippen molar-refractivity contribution in [2.75, 3.05) is 6.61 Å². The Kier molecular flexibility index (Phi) is 6.88. The molecule has 1 aliphatic carbocycles. The van der Waals surface area contributed by atoms with Gasteiger partial charge < -0.3 is 9.16 Å². The second kappa shape index (κ2) is 9.07. The number of esters is 1. The zero-order chi connectivity index (χ0) is 21.9. The molecule has 0 N–H and O–H groups in total. The minimum atomic E-state index is -1.71. The van der Waals surface area contributed by atoms with Crippen LogP contribution in [0.4, 0.5) is 0 Å². The molecule has 0 radical (unpaired) electrons. The minimum Gasteiger partial charge on any atom is -0.462 e. The smallest absolute Gasteiger partial charge is 0.338 e. The van der Waals surface area contributed by atoms with E-state index in [-0.39, 0.29) is 11.0 Å². The Balaban J connectivity index is 1.52. The third kappa shape index (κ3) is 5.22. The predicted molar refractivity (Wildman–Crippen MR) is 126 cm³/mol. The molecule has 0 unspecified atom stereocenters. The molecule has 1 fully saturated rings. The van der Waals surface area contributed by atoms with Crippen LogP contribution in [0.25, 0.3) is 0 Å². The fourth-order valence-corrected chi connectivity index (χ4v) is 4.59. The highest BCUT2D eigenvalue weighted by Gasteiger charge is 2.37. The number of hydrogen-bond acceptors (Lipinski definition) is 3. The summed E-state index contributed by atoms with van der Waals surface area (Å²) in [4.78, 5) is 11.8. The molecule has 2 aromatic carbocycles. The lowest BCUT2D eigenvalue weighted by Gasteiger charge is -2.37. The Hall–Kier alpha value is -1.91. The molecule has 1 saturated carbocycles. The average Bonchev–Trinajstić information content (AvgIpc) is 2.66. The fraction of sp³-hybridized carbons (Fsp3) is 0.500. The van der Waals surface area contributed by atoms with Gasteiger partial charge in [0, 0.05) is 0 Å². The van der Waals surface area contributed by atoms with Gasteiger partial charge in [0.15, 0.2) is 8.32 Å². The Morgan fingerprint density at radius 2 is 1.43 bits per heavy atom. The van der Waals surface area contributed by atoms with Gasteiger partial charge in [0.05, 0.1) is 18.8 Å². The van der Waals surface area contributed by atoms with Crippen molar-refractivity contribution < 1.29 is 14.0 Å². The maximum atomic E-state index is 11.8. The standard InChI is InChI=1S/C26H36O3Si/c1-7-28-25(27)22-14-12-21(13-15-22)24-16-23(17-24)20-10-8-19(9-11-20)18-29-30(5,6)26(2,3)4/h8-15,23-24H,7,16-18H2,1-6H3. The lowest BCUT2D eigenvalue weighted by molar-refractivity contribution is 0.0526. The van der Waals surface area contributed by atoms with E-state index >= 15 is 0 Å². The van der Waals surface area contributed by atoms with E-state index in [2.05, 4.69) is 70.3 Å². The largest absolute Gasteiger partial charge is 0.462 e. The summed E-state index contributed by atoms with van der Waals surface area (Å²) in [5, 5.41) is 0.238. The van der Waals surface area contributed by atoms with E-state index in [1.807, 2.05) is 19.1 Å². The Morgan fingerprint density at radius 1 is 0.933 bits per heavy atom.